The zero-order chi connectivity index (χ0) is 24.2. The summed E-state index contributed by atoms with van der Waals surface area (Å²) < 4.78 is 2.43. The van der Waals surface area contributed by atoms with Crippen molar-refractivity contribution >= 4 is 34.1 Å². The zero-order valence-electron chi connectivity index (χ0n) is 20.4. The highest BCUT2D eigenvalue weighted by atomic mass is 35.5. The number of piperazine rings is 1. The summed E-state index contributed by atoms with van der Waals surface area (Å²) in [6, 6.07) is 23.6. The molecule has 0 amide bonds. The Morgan fingerprint density at radius 3 is 2.14 bits per heavy atom. The lowest BCUT2D eigenvalue weighted by Gasteiger charge is -2.35. The first-order valence-electron chi connectivity index (χ1n) is 12.7. The third-order valence-corrected chi connectivity index (χ3v) is 7.81. The standard InChI is InChI=1S/C30H33Cl2N3/c1-2-3-14-35-22-26(24-8-5-4-6-9-24)25-19-23(12-13-30(25)35)20-33-15-17-34(18-16-33)21-27-28(31)10-7-11-29(27)32/h4-13,19,22H,2-3,14-18,20-21H2,1H3. The van der Waals surface area contributed by atoms with E-state index in [2.05, 4.69) is 76.0 Å². The van der Waals surface area contributed by atoms with Gasteiger partial charge in [-0.1, -0.05) is 79.0 Å². The number of aromatic nitrogens is 1. The number of fused-ring (bicyclic) bond motifs is 1. The lowest BCUT2D eigenvalue weighted by atomic mass is 10.0. The highest BCUT2D eigenvalue weighted by Gasteiger charge is 2.20. The maximum absolute atomic E-state index is 6.40. The summed E-state index contributed by atoms with van der Waals surface area (Å²) in [6.45, 7) is 9.24. The molecule has 1 fully saturated rings. The van der Waals surface area contributed by atoms with E-state index in [1.807, 2.05) is 18.2 Å². The molecule has 1 saturated heterocycles. The maximum Gasteiger partial charge on any atom is 0.0486 e. The van der Waals surface area contributed by atoms with E-state index in [1.165, 1.54) is 40.4 Å². The van der Waals surface area contributed by atoms with Crippen LogP contribution in [-0.2, 0) is 19.6 Å². The lowest BCUT2D eigenvalue weighted by molar-refractivity contribution is 0.122. The molecule has 35 heavy (non-hydrogen) atoms. The van der Waals surface area contributed by atoms with Gasteiger partial charge in [-0.3, -0.25) is 9.80 Å². The van der Waals surface area contributed by atoms with Gasteiger partial charge in [-0.25, -0.2) is 0 Å². The van der Waals surface area contributed by atoms with Crippen LogP contribution in [0.4, 0.5) is 0 Å². The Morgan fingerprint density at radius 2 is 1.46 bits per heavy atom. The number of benzene rings is 3. The molecular formula is C30H33Cl2N3. The number of rotatable bonds is 8. The van der Waals surface area contributed by atoms with Gasteiger partial charge in [0.2, 0.25) is 0 Å². The maximum atomic E-state index is 6.40. The van der Waals surface area contributed by atoms with Crippen molar-refractivity contribution in [1.29, 1.82) is 0 Å². The molecule has 1 aliphatic rings. The second kappa shape index (κ2) is 11.2. The van der Waals surface area contributed by atoms with Gasteiger partial charge in [0.05, 0.1) is 0 Å². The van der Waals surface area contributed by atoms with Crippen molar-refractivity contribution in [3.63, 3.8) is 0 Å². The van der Waals surface area contributed by atoms with Crippen molar-refractivity contribution in [2.24, 2.45) is 0 Å². The van der Waals surface area contributed by atoms with E-state index in [-0.39, 0.29) is 0 Å². The minimum atomic E-state index is 0.758. The van der Waals surface area contributed by atoms with Crippen LogP contribution in [0, 0.1) is 0 Å². The van der Waals surface area contributed by atoms with Gasteiger partial charge in [0.1, 0.15) is 0 Å². The van der Waals surface area contributed by atoms with Crippen LogP contribution in [0.2, 0.25) is 10.0 Å². The van der Waals surface area contributed by atoms with E-state index in [9.17, 15) is 0 Å². The van der Waals surface area contributed by atoms with Crippen LogP contribution in [0.3, 0.4) is 0 Å². The summed E-state index contributed by atoms with van der Waals surface area (Å²) in [4.78, 5) is 5.01. The van der Waals surface area contributed by atoms with E-state index >= 15 is 0 Å². The molecule has 3 aromatic carbocycles. The molecule has 0 aliphatic carbocycles. The van der Waals surface area contributed by atoms with E-state index in [0.29, 0.717) is 0 Å². The number of hydrogen-bond acceptors (Lipinski definition) is 2. The fraction of sp³-hybridized carbons (Fsp3) is 0.333. The molecule has 182 valence electrons. The topological polar surface area (TPSA) is 11.4 Å². The van der Waals surface area contributed by atoms with E-state index in [4.69, 9.17) is 23.2 Å². The summed E-state index contributed by atoms with van der Waals surface area (Å²) in [5.74, 6) is 0. The van der Waals surface area contributed by atoms with Crippen LogP contribution >= 0.6 is 23.2 Å². The van der Waals surface area contributed by atoms with Crippen molar-refractivity contribution in [3.05, 3.63) is 94.1 Å². The Bertz CT molecular complexity index is 1250. The van der Waals surface area contributed by atoms with Crippen LogP contribution in [-0.4, -0.2) is 40.5 Å². The minimum Gasteiger partial charge on any atom is -0.347 e. The summed E-state index contributed by atoms with van der Waals surface area (Å²) in [5.41, 5.74) is 6.38. The summed E-state index contributed by atoms with van der Waals surface area (Å²) in [6.07, 6.45) is 4.74. The normalized spacial score (nSPS) is 15.2. The fourth-order valence-electron chi connectivity index (χ4n) is 5.07. The molecule has 0 N–H and O–H groups in total. The fourth-order valence-corrected chi connectivity index (χ4v) is 5.59. The Hall–Kier alpha value is -2.30. The summed E-state index contributed by atoms with van der Waals surface area (Å²) in [5, 5.41) is 2.87. The number of nitrogens with zero attached hydrogens (tertiary/aromatic N) is 3. The molecule has 2 heterocycles. The minimum absolute atomic E-state index is 0.758. The average molecular weight is 507 g/mol. The average Bonchev–Trinajstić information content (AvgIpc) is 3.24. The summed E-state index contributed by atoms with van der Waals surface area (Å²) in [7, 11) is 0. The van der Waals surface area contributed by atoms with Crippen LogP contribution in [0.1, 0.15) is 30.9 Å². The van der Waals surface area contributed by atoms with E-state index < -0.39 is 0 Å². The van der Waals surface area contributed by atoms with E-state index in [1.54, 1.807) is 0 Å². The van der Waals surface area contributed by atoms with Crippen LogP contribution in [0.15, 0.2) is 72.9 Å². The van der Waals surface area contributed by atoms with Crippen molar-refractivity contribution in [3.8, 4) is 11.1 Å². The first kappa shape index (κ1) is 24.4. The molecule has 1 aliphatic heterocycles. The Balaban J connectivity index is 1.30. The van der Waals surface area contributed by atoms with Gasteiger partial charge in [-0.15, -0.1) is 0 Å². The number of unbranched alkanes of at least 4 members (excludes halogenated alkanes) is 1. The molecule has 3 nitrogen and oxygen atoms in total. The summed E-state index contributed by atoms with van der Waals surface area (Å²) >= 11 is 12.8. The molecule has 0 spiro atoms. The Labute approximate surface area is 218 Å². The number of halogens is 2. The van der Waals surface area contributed by atoms with Crippen LogP contribution in [0.25, 0.3) is 22.0 Å². The molecule has 0 bridgehead atoms. The Kier molecular flexibility index (Phi) is 7.79. The van der Waals surface area contributed by atoms with Crippen molar-refractivity contribution in [2.75, 3.05) is 26.2 Å². The van der Waals surface area contributed by atoms with Crippen molar-refractivity contribution < 1.29 is 0 Å². The highest BCUT2D eigenvalue weighted by Crippen LogP contribution is 2.32. The quantitative estimate of drug-likeness (QED) is 0.242. The third kappa shape index (κ3) is 5.59. The second-order valence-electron chi connectivity index (χ2n) is 9.56. The first-order chi connectivity index (χ1) is 17.1. The van der Waals surface area contributed by atoms with Gasteiger partial charge in [-0.05, 0) is 41.8 Å². The lowest BCUT2D eigenvalue weighted by Crippen LogP contribution is -2.45. The largest absolute Gasteiger partial charge is 0.347 e. The van der Waals surface area contributed by atoms with Gasteiger partial charge >= 0.3 is 0 Å². The van der Waals surface area contributed by atoms with Gasteiger partial charge in [-0.2, -0.15) is 0 Å². The predicted molar refractivity (Wildman–Crippen MR) is 149 cm³/mol. The molecule has 5 rings (SSSR count). The van der Waals surface area contributed by atoms with Gasteiger partial charge in [0, 0.05) is 84.1 Å². The van der Waals surface area contributed by atoms with Gasteiger partial charge < -0.3 is 4.57 Å². The number of hydrogen-bond donors (Lipinski definition) is 0. The van der Waals surface area contributed by atoms with Gasteiger partial charge in [0.15, 0.2) is 0 Å². The van der Waals surface area contributed by atoms with Crippen LogP contribution in [0.5, 0.6) is 0 Å². The van der Waals surface area contributed by atoms with E-state index in [0.717, 1.165) is 61.4 Å². The molecular weight excluding hydrogens is 473 g/mol. The number of aryl methyl sites for hydroxylation is 1. The second-order valence-corrected chi connectivity index (χ2v) is 10.4. The molecule has 5 heteroatoms. The van der Waals surface area contributed by atoms with Crippen LogP contribution < -0.4 is 0 Å². The molecule has 0 saturated carbocycles. The molecule has 4 aromatic rings. The third-order valence-electron chi connectivity index (χ3n) is 7.10. The highest BCUT2D eigenvalue weighted by molar-refractivity contribution is 6.35. The monoisotopic (exact) mass is 505 g/mol. The van der Waals surface area contributed by atoms with Gasteiger partial charge in [0.25, 0.3) is 0 Å². The zero-order valence-corrected chi connectivity index (χ0v) is 21.9. The van der Waals surface area contributed by atoms with Crippen molar-refractivity contribution in [2.45, 2.75) is 39.4 Å². The molecule has 0 unspecified atom stereocenters. The molecule has 0 atom stereocenters. The molecule has 1 aromatic heterocycles. The molecule has 0 radical (unpaired) electrons. The first-order valence-corrected chi connectivity index (χ1v) is 13.4. The SMILES string of the molecule is CCCCn1cc(-c2ccccc2)c2cc(CN3CCN(Cc4c(Cl)cccc4Cl)CC3)ccc21. The van der Waals surface area contributed by atoms with Crippen molar-refractivity contribution in [1.82, 2.24) is 14.4 Å². The Morgan fingerprint density at radius 1 is 0.771 bits per heavy atom. The smallest absolute Gasteiger partial charge is 0.0486 e. The predicted octanol–water partition coefficient (Wildman–Crippen LogP) is 7.73.